The number of anilines is 2. The fraction of sp³-hybridized carbons (Fsp3) is 0.586. The lowest BCUT2D eigenvalue weighted by molar-refractivity contribution is -0.0810. The van der Waals surface area contributed by atoms with Crippen molar-refractivity contribution in [3.8, 4) is 0 Å². The molecule has 0 amide bonds. The zero-order chi connectivity index (χ0) is 42.9. The van der Waals surface area contributed by atoms with Crippen LogP contribution in [0.15, 0.2) is 23.8 Å². The number of rotatable bonds is 10. The fourth-order valence-electron chi connectivity index (χ4n) is 6.04. The Hall–Kier alpha value is -4.93. The lowest BCUT2D eigenvalue weighted by atomic mass is 10.1. The van der Waals surface area contributed by atoms with Crippen LogP contribution in [-0.4, -0.2) is 133 Å². The fourth-order valence-corrected chi connectivity index (χ4v) is 8.54. The molecule has 3 saturated heterocycles. The van der Waals surface area contributed by atoms with Crippen molar-refractivity contribution in [1.82, 2.24) is 39.0 Å². The van der Waals surface area contributed by atoms with Crippen LogP contribution in [0.5, 0.6) is 0 Å². The molecule has 31 heteroatoms. The van der Waals surface area contributed by atoms with Gasteiger partial charge in [0.15, 0.2) is 41.3 Å². The Bertz CT molecular complexity index is 2370. The first-order valence-electron chi connectivity index (χ1n) is 17.6. The molecule has 0 aliphatic carbocycles. The van der Waals surface area contributed by atoms with Gasteiger partial charge in [0.25, 0.3) is 5.56 Å². The van der Waals surface area contributed by atoms with Crippen LogP contribution in [0, 0.1) is 0 Å². The summed E-state index contributed by atoms with van der Waals surface area (Å²) >= 11 is 0. The summed E-state index contributed by atoms with van der Waals surface area (Å²) in [4.78, 5) is 59.1. The minimum atomic E-state index is -5.17. The van der Waals surface area contributed by atoms with Crippen LogP contribution in [-0.2, 0) is 64.7 Å². The Morgan fingerprint density at radius 3 is 2.20 bits per heavy atom. The Morgan fingerprint density at radius 1 is 0.900 bits per heavy atom. The number of carbonyl (C=O) groups excluding carboxylic acids is 2. The van der Waals surface area contributed by atoms with Crippen molar-refractivity contribution in [3.63, 3.8) is 0 Å². The van der Waals surface area contributed by atoms with E-state index in [0.29, 0.717) is 0 Å². The van der Waals surface area contributed by atoms with Crippen molar-refractivity contribution in [2.24, 2.45) is 0 Å². The summed E-state index contributed by atoms with van der Waals surface area (Å²) in [6.45, 7) is 0.281. The average molecular weight is 895 g/mol. The van der Waals surface area contributed by atoms with E-state index in [4.69, 9.17) is 67.0 Å². The molecule has 4 unspecified atom stereocenters. The predicted octanol–water partition coefficient (Wildman–Crippen LogP) is 1.33. The Morgan fingerprint density at radius 2 is 1.52 bits per heavy atom. The maximum Gasteiger partial charge on any atom is 0.510 e. The van der Waals surface area contributed by atoms with Gasteiger partial charge in [-0.1, -0.05) is 0 Å². The van der Waals surface area contributed by atoms with Gasteiger partial charge in [0.2, 0.25) is 19.5 Å². The zero-order valence-electron chi connectivity index (χ0n) is 31.4. The minimum absolute atomic E-state index is 0.00471. The van der Waals surface area contributed by atoms with Gasteiger partial charge in [-0.3, -0.25) is 37.0 Å². The summed E-state index contributed by atoms with van der Waals surface area (Å²) in [5.41, 5.74) is 10.6. The number of imidazole rings is 2. The molecule has 3 aliphatic heterocycles. The van der Waals surface area contributed by atoms with E-state index < -0.39 is 116 Å². The van der Waals surface area contributed by atoms with Gasteiger partial charge in [-0.05, 0) is 20.8 Å². The molecule has 3 fully saturated rings. The van der Waals surface area contributed by atoms with E-state index in [1.807, 2.05) is 0 Å². The molecular weight excluding hydrogens is 857 g/mol. The summed E-state index contributed by atoms with van der Waals surface area (Å²) in [5.74, 6) is -0.394. The normalized spacial score (nSPS) is 31.0. The number of hydrogen-bond donors (Lipinski definition) is 4. The second-order valence-corrected chi connectivity index (χ2v) is 16.2. The molecule has 10 atom stereocenters. The van der Waals surface area contributed by atoms with E-state index in [1.165, 1.54) is 20.8 Å². The minimum Gasteiger partial charge on any atom is -0.435 e. The second kappa shape index (κ2) is 17.6. The molecule has 7 rings (SSSR count). The maximum atomic E-state index is 16.7. The van der Waals surface area contributed by atoms with E-state index in [1.54, 1.807) is 0 Å². The number of fused-ring (bicyclic) bond motifs is 5. The van der Waals surface area contributed by atoms with Gasteiger partial charge in [-0.2, -0.15) is 4.98 Å². The topological polar surface area (TPSA) is 358 Å². The number of ether oxygens (including phenoxy) is 6. The number of hydrogen-bond acceptors (Lipinski definition) is 25. The van der Waals surface area contributed by atoms with Crippen LogP contribution in [0.1, 0.15) is 33.2 Å². The van der Waals surface area contributed by atoms with Gasteiger partial charge in [0, 0.05) is 0 Å². The van der Waals surface area contributed by atoms with Crippen molar-refractivity contribution in [1.29, 1.82) is 0 Å². The van der Waals surface area contributed by atoms with Gasteiger partial charge in [-0.15, -0.1) is 0 Å². The lowest BCUT2D eigenvalue weighted by Gasteiger charge is -2.28. The monoisotopic (exact) mass is 894 g/mol. The van der Waals surface area contributed by atoms with E-state index in [-0.39, 0.29) is 40.7 Å². The largest absolute Gasteiger partial charge is 0.510 e. The standard InChI is InChI=1S/C29H37FN10O18P2/c1-4-47-28(43)48-10-52-60(46)51-6-14-19(15(30)25(56-14)39-8-35-16-21(31)33-7-34-22(16)39)57-59(45,53-11-49-29(44)54-12(2)3)50-5-13-18(41)20(58-60)26(55-13)40-9-36-17-23(40)37-27(32)38-24(17)42/h7-9,12-15,18-20,25-26,41H,4-6,10-11H2,1-3H3,(H2,31,33,34)(H3,32,37,38,42)/t13-,14-,15+,18?,19?,20+,25-,26-,59?,60?/m1/s1. The molecule has 0 spiro atoms. The van der Waals surface area contributed by atoms with Crippen molar-refractivity contribution in [2.45, 2.75) is 76.0 Å². The molecule has 7 heterocycles. The summed E-state index contributed by atoms with van der Waals surface area (Å²) in [5, 5.41) is 11.6. The molecule has 6 N–H and O–H groups in total. The molecule has 328 valence electrons. The third-order valence-electron chi connectivity index (χ3n) is 8.63. The molecular formula is C29H37FN10O18P2. The first-order chi connectivity index (χ1) is 28.6. The van der Waals surface area contributed by atoms with E-state index in [2.05, 4.69) is 29.9 Å². The summed E-state index contributed by atoms with van der Waals surface area (Å²) in [6.07, 6.45) is -14.6. The number of carbonyl (C=O) groups is 2. The number of nitrogens with one attached hydrogen (secondary N) is 1. The molecule has 4 aromatic heterocycles. The molecule has 0 saturated carbocycles. The Balaban J connectivity index is 1.26. The van der Waals surface area contributed by atoms with Crippen LogP contribution < -0.4 is 17.0 Å². The molecule has 4 aromatic rings. The molecule has 3 aliphatic rings. The van der Waals surface area contributed by atoms with Gasteiger partial charge >= 0.3 is 28.0 Å². The zero-order valence-corrected chi connectivity index (χ0v) is 33.2. The van der Waals surface area contributed by atoms with Crippen molar-refractivity contribution < 1.29 is 83.8 Å². The van der Waals surface area contributed by atoms with Crippen LogP contribution in [0.3, 0.4) is 0 Å². The number of H-pyrrole nitrogens is 1. The first kappa shape index (κ1) is 43.2. The summed E-state index contributed by atoms with van der Waals surface area (Å²) < 4.78 is 112. The number of halogens is 1. The molecule has 0 aromatic carbocycles. The van der Waals surface area contributed by atoms with E-state index in [0.717, 1.165) is 28.1 Å². The third kappa shape index (κ3) is 9.05. The average Bonchev–Trinajstić information content (AvgIpc) is 3.94. The molecule has 60 heavy (non-hydrogen) atoms. The molecule has 2 bridgehead atoms. The van der Waals surface area contributed by atoms with Crippen molar-refractivity contribution >= 4 is 62.1 Å². The third-order valence-corrected chi connectivity index (χ3v) is 11.4. The number of phosphoric ester groups is 2. The number of aliphatic hydroxyl groups is 1. The number of alkyl halides is 1. The predicted molar refractivity (Wildman–Crippen MR) is 191 cm³/mol. The van der Waals surface area contributed by atoms with Crippen LogP contribution >= 0.6 is 15.6 Å². The number of nitrogens with zero attached hydrogens (tertiary/aromatic N) is 7. The van der Waals surface area contributed by atoms with Crippen molar-refractivity contribution in [2.75, 3.05) is 44.9 Å². The molecule has 28 nitrogen and oxygen atoms in total. The first-order valence-corrected chi connectivity index (χ1v) is 20.6. The highest BCUT2D eigenvalue weighted by Gasteiger charge is 2.55. The second-order valence-electron chi connectivity index (χ2n) is 12.9. The number of aromatic nitrogens is 8. The quantitative estimate of drug-likeness (QED) is 0.0991. The number of phosphoric acid groups is 2. The van der Waals surface area contributed by atoms with Crippen molar-refractivity contribution in [3.05, 3.63) is 29.3 Å². The lowest BCUT2D eigenvalue weighted by Crippen LogP contribution is -2.35. The van der Waals surface area contributed by atoms with Gasteiger partial charge in [-0.25, -0.2) is 52.1 Å². The Labute approximate surface area is 335 Å². The van der Waals surface area contributed by atoms with Crippen LogP contribution in [0.25, 0.3) is 22.3 Å². The number of nitrogens with two attached hydrogens (primary N) is 2. The highest BCUT2D eigenvalue weighted by Crippen LogP contribution is 2.58. The van der Waals surface area contributed by atoms with Crippen LogP contribution in [0.2, 0.25) is 0 Å². The van der Waals surface area contributed by atoms with E-state index in [9.17, 15) is 28.6 Å². The number of aliphatic hydroxyl groups excluding tert-OH is 1. The number of aromatic amines is 1. The highest BCUT2D eigenvalue weighted by molar-refractivity contribution is 7.48. The van der Waals surface area contributed by atoms with Crippen LogP contribution in [0.4, 0.5) is 25.7 Å². The SMILES string of the molecule is CCOC(=O)OCOP1(=O)OC[C@H]2O[C@@H](n3cnc4c(N)ncnc43)[C@@H](F)C2OP(=O)(OCOC(=O)OC(C)C)OC[C@H]2O[C@@H](n3cnc4c(=O)[nH]c(N)nc43)[C@@H](O1)C2O. The van der Waals surface area contributed by atoms with Gasteiger partial charge in [0.05, 0.1) is 38.6 Å². The molecule has 0 radical (unpaired) electrons. The summed E-state index contributed by atoms with van der Waals surface area (Å²) in [7, 11) is -10.3. The van der Waals surface area contributed by atoms with Gasteiger partial charge < -0.3 is 45.0 Å². The number of nitrogen functional groups attached to an aromatic ring is 2. The maximum absolute atomic E-state index is 16.7. The van der Waals surface area contributed by atoms with E-state index >= 15 is 4.39 Å². The highest BCUT2D eigenvalue weighted by atomic mass is 31.2. The van der Waals surface area contributed by atoms with Gasteiger partial charge in [0.1, 0.15) is 42.4 Å². The smallest absolute Gasteiger partial charge is 0.435 e. The Kier molecular flexibility index (Phi) is 12.6. The summed E-state index contributed by atoms with van der Waals surface area (Å²) in [6, 6.07) is 0.